The molecule has 0 radical (unpaired) electrons. The van der Waals surface area contributed by atoms with E-state index in [0.29, 0.717) is 13.0 Å². The zero-order valence-corrected chi connectivity index (χ0v) is 11.5. The number of ether oxygens (including phenoxy) is 1. The summed E-state index contributed by atoms with van der Waals surface area (Å²) in [6.45, 7) is 10.6. The average molecular weight is 234 g/mol. The highest BCUT2D eigenvalue weighted by atomic mass is 16.5. The fraction of sp³-hybridized carbons (Fsp3) is 0.533. The third-order valence-corrected chi connectivity index (χ3v) is 2.66. The van der Waals surface area contributed by atoms with Gasteiger partial charge < -0.3 is 4.74 Å². The van der Waals surface area contributed by atoms with Gasteiger partial charge in [0, 0.05) is 6.42 Å². The number of hydrogen-bond donors (Lipinski definition) is 0. The Morgan fingerprint density at radius 2 is 1.94 bits per heavy atom. The molecule has 0 fully saturated rings. The molecule has 0 spiro atoms. The van der Waals surface area contributed by atoms with E-state index in [-0.39, 0.29) is 11.2 Å². The minimum absolute atomic E-state index is 0.0548. The molecule has 2 nitrogen and oxygen atoms in total. The number of hydrogen-bond acceptors (Lipinski definition) is 2. The normalized spacial score (nSPS) is 11.4. The number of Topliss-reactive ketones (excluding diaryl/α,β-unsaturated/α-hetero) is 1. The van der Waals surface area contributed by atoms with Crippen molar-refractivity contribution in [1.29, 1.82) is 0 Å². The molecule has 0 heterocycles. The van der Waals surface area contributed by atoms with E-state index in [9.17, 15) is 4.79 Å². The van der Waals surface area contributed by atoms with Crippen LogP contribution in [0.1, 0.15) is 45.2 Å². The Hall–Kier alpha value is -1.31. The largest absolute Gasteiger partial charge is 0.493 e. The Morgan fingerprint density at radius 1 is 1.29 bits per heavy atom. The van der Waals surface area contributed by atoms with Gasteiger partial charge in [-0.1, -0.05) is 32.9 Å². The van der Waals surface area contributed by atoms with E-state index >= 15 is 0 Å². The first-order chi connectivity index (χ1) is 7.80. The second kappa shape index (κ2) is 5.35. The molecule has 0 amide bonds. The lowest BCUT2D eigenvalue weighted by atomic mass is 9.86. The molecule has 0 N–H and O–H groups in total. The number of carbonyl (C=O) groups is 1. The number of rotatable bonds is 4. The quantitative estimate of drug-likeness (QED) is 0.795. The molecular formula is C15H22O2. The summed E-state index contributed by atoms with van der Waals surface area (Å²) in [4.78, 5) is 10.9. The standard InChI is InChI=1S/C15H22O2/c1-11-6-7-13(15(3,4)5)14(10-11)17-9-8-12(2)16/h6-7,10H,8-9H2,1-5H3. The van der Waals surface area contributed by atoms with Crippen molar-refractivity contribution in [3.8, 4) is 5.75 Å². The van der Waals surface area contributed by atoms with Crippen molar-refractivity contribution >= 4 is 5.78 Å². The van der Waals surface area contributed by atoms with E-state index < -0.39 is 0 Å². The molecule has 0 unspecified atom stereocenters. The summed E-state index contributed by atoms with van der Waals surface area (Å²) in [6, 6.07) is 6.25. The summed E-state index contributed by atoms with van der Waals surface area (Å²) in [7, 11) is 0. The van der Waals surface area contributed by atoms with E-state index in [2.05, 4.69) is 32.9 Å². The highest BCUT2D eigenvalue weighted by Crippen LogP contribution is 2.32. The van der Waals surface area contributed by atoms with Crippen LogP contribution in [0.2, 0.25) is 0 Å². The number of benzene rings is 1. The second-order valence-corrected chi connectivity index (χ2v) is 5.55. The van der Waals surface area contributed by atoms with Crippen LogP contribution in [0, 0.1) is 6.92 Å². The molecule has 94 valence electrons. The van der Waals surface area contributed by atoms with Gasteiger partial charge in [-0.25, -0.2) is 0 Å². The summed E-state index contributed by atoms with van der Waals surface area (Å²) >= 11 is 0. The van der Waals surface area contributed by atoms with Crippen molar-refractivity contribution in [2.24, 2.45) is 0 Å². The van der Waals surface area contributed by atoms with E-state index in [1.165, 1.54) is 11.1 Å². The van der Waals surface area contributed by atoms with Gasteiger partial charge in [0.05, 0.1) is 6.61 Å². The third-order valence-electron chi connectivity index (χ3n) is 2.66. The van der Waals surface area contributed by atoms with Gasteiger partial charge in [0.2, 0.25) is 0 Å². The first-order valence-electron chi connectivity index (χ1n) is 6.04. The summed E-state index contributed by atoms with van der Waals surface area (Å²) < 4.78 is 5.73. The monoisotopic (exact) mass is 234 g/mol. The molecular weight excluding hydrogens is 212 g/mol. The SMILES string of the molecule is CC(=O)CCOc1cc(C)ccc1C(C)(C)C. The smallest absolute Gasteiger partial charge is 0.133 e. The van der Waals surface area contributed by atoms with Crippen LogP contribution in [0.4, 0.5) is 0 Å². The zero-order chi connectivity index (χ0) is 13.1. The third kappa shape index (κ3) is 4.22. The first-order valence-corrected chi connectivity index (χ1v) is 6.04. The van der Waals surface area contributed by atoms with Crippen molar-refractivity contribution in [2.75, 3.05) is 6.61 Å². The summed E-state index contributed by atoms with van der Waals surface area (Å²) in [6.07, 6.45) is 0.470. The molecule has 2 heteroatoms. The van der Waals surface area contributed by atoms with Gasteiger partial charge >= 0.3 is 0 Å². The number of aryl methyl sites for hydroxylation is 1. The number of carbonyl (C=O) groups excluding carboxylic acids is 1. The lowest BCUT2D eigenvalue weighted by Gasteiger charge is -2.23. The predicted octanol–water partition coefficient (Wildman–Crippen LogP) is 3.65. The zero-order valence-electron chi connectivity index (χ0n) is 11.5. The molecule has 0 saturated heterocycles. The van der Waals surface area contributed by atoms with Crippen LogP contribution in [0.3, 0.4) is 0 Å². The minimum atomic E-state index is 0.0548. The molecule has 0 aliphatic heterocycles. The molecule has 0 aromatic heterocycles. The van der Waals surface area contributed by atoms with E-state index in [4.69, 9.17) is 4.74 Å². The fourth-order valence-electron chi connectivity index (χ4n) is 1.67. The van der Waals surface area contributed by atoms with Crippen molar-refractivity contribution in [1.82, 2.24) is 0 Å². The van der Waals surface area contributed by atoms with E-state index in [1.54, 1.807) is 6.92 Å². The molecule has 0 aliphatic carbocycles. The van der Waals surface area contributed by atoms with Gasteiger partial charge in [-0.05, 0) is 36.5 Å². The van der Waals surface area contributed by atoms with Crippen LogP contribution in [0.5, 0.6) is 5.75 Å². The number of ketones is 1. The van der Waals surface area contributed by atoms with Crippen LogP contribution < -0.4 is 4.74 Å². The molecule has 1 aromatic carbocycles. The molecule has 0 bridgehead atoms. The Bertz CT molecular complexity index is 400. The van der Waals surface area contributed by atoms with Crippen molar-refractivity contribution in [3.63, 3.8) is 0 Å². The van der Waals surface area contributed by atoms with Crippen molar-refractivity contribution in [2.45, 2.75) is 46.5 Å². The highest BCUT2D eigenvalue weighted by Gasteiger charge is 2.18. The van der Waals surface area contributed by atoms with Crippen LogP contribution in [0.25, 0.3) is 0 Å². The maximum absolute atomic E-state index is 10.9. The van der Waals surface area contributed by atoms with E-state index in [0.717, 1.165) is 5.75 Å². The molecule has 1 rings (SSSR count). The Balaban J connectivity index is 2.88. The van der Waals surface area contributed by atoms with Gasteiger partial charge in [0.15, 0.2) is 0 Å². The summed E-state index contributed by atoms with van der Waals surface area (Å²) in [5.74, 6) is 1.06. The molecule has 0 aliphatic rings. The van der Waals surface area contributed by atoms with Gasteiger partial charge in [0.25, 0.3) is 0 Å². The Labute approximate surface area is 104 Å². The predicted molar refractivity (Wildman–Crippen MR) is 70.7 cm³/mol. The second-order valence-electron chi connectivity index (χ2n) is 5.55. The van der Waals surface area contributed by atoms with Gasteiger partial charge in [-0.2, -0.15) is 0 Å². The van der Waals surface area contributed by atoms with Gasteiger partial charge in [-0.15, -0.1) is 0 Å². The summed E-state index contributed by atoms with van der Waals surface area (Å²) in [5.41, 5.74) is 2.42. The van der Waals surface area contributed by atoms with Crippen LogP contribution in [-0.2, 0) is 10.2 Å². The Kier molecular flexibility index (Phi) is 4.33. The Morgan fingerprint density at radius 3 is 2.47 bits per heavy atom. The molecule has 17 heavy (non-hydrogen) atoms. The first kappa shape index (κ1) is 13.8. The highest BCUT2D eigenvalue weighted by molar-refractivity contribution is 5.75. The molecule has 0 atom stereocenters. The van der Waals surface area contributed by atoms with Gasteiger partial charge in [-0.3, -0.25) is 4.79 Å². The summed E-state index contributed by atoms with van der Waals surface area (Å²) in [5, 5.41) is 0. The minimum Gasteiger partial charge on any atom is -0.493 e. The van der Waals surface area contributed by atoms with E-state index in [1.807, 2.05) is 13.0 Å². The van der Waals surface area contributed by atoms with Crippen molar-refractivity contribution < 1.29 is 9.53 Å². The lowest BCUT2D eigenvalue weighted by molar-refractivity contribution is -0.117. The average Bonchev–Trinajstić information content (AvgIpc) is 2.15. The maximum atomic E-state index is 10.9. The van der Waals surface area contributed by atoms with Gasteiger partial charge in [0.1, 0.15) is 11.5 Å². The van der Waals surface area contributed by atoms with Crippen LogP contribution in [0.15, 0.2) is 18.2 Å². The van der Waals surface area contributed by atoms with Crippen LogP contribution in [-0.4, -0.2) is 12.4 Å². The molecule has 0 saturated carbocycles. The molecule has 1 aromatic rings. The lowest BCUT2D eigenvalue weighted by Crippen LogP contribution is -2.14. The maximum Gasteiger partial charge on any atom is 0.133 e. The fourth-order valence-corrected chi connectivity index (χ4v) is 1.67. The van der Waals surface area contributed by atoms with Crippen LogP contribution >= 0.6 is 0 Å². The topological polar surface area (TPSA) is 26.3 Å². The van der Waals surface area contributed by atoms with Crippen molar-refractivity contribution in [3.05, 3.63) is 29.3 Å².